The maximum atomic E-state index is 12.4. The summed E-state index contributed by atoms with van der Waals surface area (Å²) in [5.74, 6) is -0.793. The number of hydrogen-bond donors (Lipinski definition) is 1. The smallest absolute Gasteiger partial charge is 0.293 e. The van der Waals surface area contributed by atoms with Crippen LogP contribution in [0.4, 0.5) is 4.79 Å². The summed E-state index contributed by atoms with van der Waals surface area (Å²) in [6.07, 6.45) is 1.68. The quantitative estimate of drug-likeness (QED) is 0.724. The highest BCUT2D eigenvalue weighted by Crippen LogP contribution is 2.31. The van der Waals surface area contributed by atoms with Crippen LogP contribution in [-0.4, -0.2) is 35.0 Å². The fraction of sp³-hybridized carbons (Fsp3) is 0.105. The van der Waals surface area contributed by atoms with E-state index in [1.165, 1.54) is 12.1 Å². The minimum atomic E-state index is -0.422. The fourth-order valence-corrected chi connectivity index (χ4v) is 3.68. The van der Waals surface area contributed by atoms with Crippen LogP contribution < -0.4 is 5.32 Å². The van der Waals surface area contributed by atoms with Crippen LogP contribution in [0.3, 0.4) is 0 Å². The van der Waals surface area contributed by atoms with Crippen LogP contribution in [0, 0.1) is 0 Å². The lowest BCUT2D eigenvalue weighted by molar-refractivity contribution is -0.122. The summed E-state index contributed by atoms with van der Waals surface area (Å²) in [5, 5.41) is 2.94. The SMILES string of the molecule is O=C(NCCN1C(=O)SC(=Cc2ccccc2)C1=O)c1cc(Cl)ccc1Cl. The van der Waals surface area contributed by atoms with Gasteiger partial charge in [-0.15, -0.1) is 0 Å². The standard InChI is InChI=1S/C19H14Cl2N2O3S/c20-13-6-7-15(21)14(11-13)17(24)22-8-9-23-18(25)16(27-19(23)26)10-12-4-2-1-3-5-12/h1-7,10-11H,8-9H2,(H,22,24). The second-order valence-electron chi connectivity index (χ2n) is 5.62. The van der Waals surface area contributed by atoms with Gasteiger partial charge in [-0.1, -0.05) is 53.5 Å². The first-order valence-electron chi connectivity index (χ1n) is 7.99. The van der Waals surface area contributed by atoms with Crippen molar-refractivity contribution >= 4 is 58.1 Å². The van der Waals surface area contributed by atoms with E-state index in [4.69, 9.17) is 23.2 Å². The number of hydrogen-bond acceptors (Lipinski definition) is 4. The summed E-state index contributed by atoms with van der Waals surface area (Å²) < 4.78 is 0. The van der Waals surface area contributed by atoms with Crippen LogP contribution in [0.1, 0.15) is 15.9 Å². The number of nitrogens with zero attached hydrogens (tertiary/aromatic N) is 1. The van der Waals surface area contributed by atoms with Gasteiger partial charge in [0.1, 0.15) is 0 Å². The van der Waals surface area contributed by atoms with Crippen LogP contribution in [0.5, 0.6) is 0 Å². The lowest BCUT2D eigenvalue weighted by atomic mass is 10.2. The van der Waals surface area contributed by atoms with Crippen molar-refractivity contribution in [3.05, 3.63) is 74.6 Å². The van der Waals surface area contributed by atoms with Crippen molar-refractivity contribution in [2.75, 3.05) is 13.1 Å². The van der Waals surface area contributed by atoms with Gasteiger partial charge in [0, 0.05) is 18.1 Å². The average molecular weight is 421 g/mol. The van der Waals surface area contributed by atoms with E-state index in [1.54, 1.807) is 12.1 Å². The van der Waals surface area contributed by atoms with Crippen LogP contribution in [0.25, 0.3) is 6.08 Å². The fourth-order valence-electron chi connectivity index (χ4n) is 2.44. The second-order valence-corrected chi connectivity index (χ2v) is 7.46. The van der Waals surface area contributed by atoms with E-state index in [9.17, 15) is 14.4 Å². The van der Waals surface area contributed by atoms with Crippen molar-refractivity contribution in [1.29, 1.82) is 0 Å². The molecule has 0 unspecified atom stereocenters. The lowest BCUT2D eigenvalue weighted by Gasteiger charge is -2.13. The van der Waals surface area contributed by atoms with E-state index in [0.717, 1.165) is 22.2 Å². The number of halogens is 2. The second kappa shape index (κ2) is 8.61. The third-order valence-corrected chi connectivity index (χ3v) is 5.24. The molecule has 1 aliphatic rings. The van der Waals surface area contributed by atoms with Gasteiger partial charge < -0.3 is 5.32 Å². The molecule has 3 amide bonds. The van der Waals surface area contributed by atoms with Gasteiger partial charge in [-0.3, -0.25) is 19.3 Å². The zero-order valence-electron chi connectivity index (χ0n) is 13.9. The van der Waals surface area contributed by atoms with E-state index < -0.39 is 5.91 Å². The van der Waals surface area contributed by atoms with E-state index in [0.29, 0.717) is 9.93 Å². The van der Waals surface area contributed by atoms with Crippen molar-refractivity contribution < 1.29 is 14.4 Å². The molecule has 1 fully saturated rings. The molecule has 1 aliphatic heterocycles. The third kappa shape index (κ3) is 4.71. The normalized spacial score (nSPS) is 15.5. The van der Waals surface area contributed by atoms with Gasteiger partial charge in [0.25, 0.3) is 17.1 Å². The molecule has 0 atom stereocenters. The Hall–Kier alpha value is -2.28. The number of nitrogens with one attached hydrogen (secondary N) is 1. The molecule has 1 heterocycles. The number of thioether (sulfide) groups is 1. The Labute approximate surface area is 170 Å². The van der Waals surface area contributed by atoms with Crippen molar-refractivity contribution in [1.82, 2.24) is 10.2 Å². The van der Waals surface area contributed by atoms with Gasteiger partial charge in [-0.05, 0) is 41.6 Å². The van der Waals surface area contributed by atoms with E-state index >= 15 is 0 Å². The maximum Gasteiger partial charge on any atom is 0.293 e. The van der Waals surface area contributed by atoms with Gasteiger partial charge in [-0.2, -0.15) is 0 Å². The number of benzene rings is 2. The van der Waals surface area contributed by atoms with Gasteiger partial charge in [0.15, 0.2) is 0 Å². The van der Waals surface area contributed by atoms with Gasteiger partial charge in [-0.25, -0.2) is 0 Å². The zero-order valence-corrected chi connectivity index (χ0v) is 16.3. The molecule has 0 aromatic heterocycles. The summed E-state index contributed by atoms with van der Waals surface area (Å²) in [7, 11) is 0. The van der Waals surface area contributed by atoms with Crippen LogP contribution in [-0.2, 0) is 4.79 Å². The molecule has 2 aromatic carbocycles. The van der Waals surface area contributed by atoms with Crippen molar-refractivity contribution in [2.45, 2.75) is 0 Å². The highest BCUT2D eigenvalue weighted by atomic mass is 35.5. The van der Waals surface area contributed by atoms with Gasteiger partial charge in [0.05, 0.1) is 15.5 Å². The molecule has 1 saturated heterocycles. The number of imide groups is 1. The minimum Gasteiger partial charge on any atom is -0.350 e. The van der Waals surface area contributed by atoms with Crippen LogP contribution in [0.15, 0.2) is 53.4 Å². The van der Waals surface area contributed by atoms with Crippen molar-refractivity contribution in [2.24, 2.45) is 0 Å². The molecular formula is C19H14Cl2N2O3S. The summed E-state index contributed by atoms with van der Waals surface area (Å²) in [5.41, 5.74) is 1.08. The molecule has 0 aliphatic carbocycles. The minimum absolute atomic E-state index is 0.0702. The zero-order chi connectivity index (χ0) is 19.4. The van der Waals surface area contributed by atoms with Crippen molar-refractivity contribution in [3.63, 3.8) is 0 Å². The summed E-state index contributed by atoms with van der Waals surface area (Å²) in [4.78, 5) is 38.2. The predicted octanol–water partition coefficient (Wildman–Crippen LogP) is 4.46. The average Bonchev–Trinajstić information content (AvgIpc) is 2.91. The van der Waals surface area contributed by atoms with Crippen LogP contribution in [0.2, 0.25) is 10.0 Å². The molecule has 27 heavy (non-hydrogen) atoms. The van der Waals surface area contributed by atoms with Gasteiger partial charge >= 0.3 is 0 Å². The summed E-state index contributed by atoms with van der Waals surface area (Å²) in [6.45, 7) is 0.180. The Balaban J connectivity index is 1.60. The Morgan fingerprint density at radius 3 is 2.59 bits per heavy atom. The number of carbonyl (C=O) groups excluding carboxylic acids is 3. The maximum absolute atomic E-state index is 12.4. The Morgan fingerprint density at radius 1 is 1.11 bits per heavy atom. The molecule has 0 radical (unpaired) electrons. The molecule has 3 rings (SSSR count). The van der Waals surface area contributed by atoms with E-state index in [-0.39, 0.29) is 34.8 Å². The molecule has 5 nitrogen and oxygen atoms in total. The Bertz CT molecular complexity index is 932. The molecule has 8 heteroatoms. The summed E-state index contributed by atoms with van der Waals surface area (Å²) >= 11 is 12.7. The topological polar surface area (TPSA) is 66.5 Å². The molecule has 138 valence electrons. The Morgan fingerprint density at radius 2 is 1.85 bits per heavy atom. The first-order valence-corrected chi connectivity index (χ1v) is 9.56. The lowest BCUT2D eigenvalue weighted by Crippen LogP contribution is -2.37. The first kappa shape index (κ1) is 19.5. The first-order chi connectivity index (χ1) is 13.0. The van der Waals surface area contributed by atoms with Gasteiger partial charge in [0.2, 0.25) is 0 Å². The number of amides is 3. The highest BCUT2D eigenvalue weighted by molar-refractivity contribution is 8.18. The molecule has 0 spiro atoms. The van der Waals surface area contributed by atoms with E-state index in [1.807, 2.05) is 30.3 Å². The molecule has 0 saturated carbocycles. The van der Waals surface area contributed by atoms with E-state index in [2.05, 4.69) is 5.32 Å². The monoisotopic (exact) mass is 420 g/mol. The third-order valence-electron chi connectivity index (χ3n) is 3.76. The number of carbonyl (C=O) groups is 3. The summed E-state index contributed by atoms with van der Waals surface area (Å²) in [6, 6.07) is 13.9. The highest BCUT2D eigenvalue weighted by Gasteiger charge is 2.34. The molecule has 0 bridgehead atoms. The number of rotatable bonds is 5. The molecule has 2 aromatic rings. The molecular weight excluding hydrogens is 407 g/mol. The predicted molar refractivity (Wildman–Crippen MR) is 108 cm³/mol. The van der Waals surface area contributed by atoms with Crippen LogP contribution >= 0.6 is 35.0 Å². The largest absolute Gasteiger partial charge is 0.350 e. The molecule has 1 N–H and O–H groups in total. The Kier molecular flexibility index (Phi) is 6.21. The van der Waals surface area contributed by atoms with Crippen molar-refractivity contribution in [3.8, 4) is 0 Å².